The zero-order valence-corrected chi connectivity index (χ0v) is 18.0. The highest BCUT2D eigenvalue weighted by Gasteiger charge is 2.12. The van der Waals surface area contributed by atoms with Gasteiger partial charge in [0.15, 0.2) is 11.5 Å². The van der Waals surface area contributed by atoms with Crippen molar-refractivity contribution in [3.05, 3.63) is 49.5 Å². The number of aromatic hydroxyl groups is 1. The number of phenols is 1. The van der Waals surface area contributed by atoms with Crippen molar-refractivity contribution in [2.45, 2.75) is 13.3 Å². The number of ether oxygens (including phenoxy) is 2. The molecule has 0 aliphatic heterocycles. The van der Waals surface area contributed by atoms with E-state index in [0.29, 0.717) is 22.6 Å². The summed E-state index contributed by atoms with van der Waals surface area (Å²) >= 11 is 5.43. The SMILES string of the molecule is CCCOc1c(I)cc(/C=N\NC(=O)c2cc(Br)ccc2O)cc1OC. The van der Waals surface area contributed by atoms with Crippen LogP contribution in [0.25, 0.3) is 0 Å². The number of carbonyl (C=O) groups excluding carboxylic acids is 1. The Morgan fingerprint density at radius 2 is 2.15 bits per heavy atom. The number of hydrogen-bond acceptors (Lipinski definition) is 5. The lowest BCUT2D eigenvalue weighted by Gasteiger charge is -2.12. The molecule has 0 saturated heterocycles. The zero-order valence-electron chi connectivity index (χ0n) is 14.3. The van der Waals surface area contributed by atoms with Crippen molar-refractivity contribution < 1.29 is 19.4 Å². The van der Waals surface area contributed by atoms with Crippen molar-refractivity contribution in [2.24, 2.45) is 5.10 Å². The van der Waals surface area contributed by atoms with Gasteiger partial charge in [-0.25, -0.2) is 5.43 Å². The molecule has 0 fully saturated rings. The number of rotatable bonds is 7. The van der Waals surface area contributed by atoms with E-state index >= 15 is 0 Å². The first kappa shape index (κ1) is 20.5. The smallest absolute Gasteiger partial charge is 0.275 e. The third-order valence-corrected chi connectivity index (χ3v) is 4.58. The summed E-state index contributed by atoms with van der Waals surface area (Å²) in [6, 6.07) is 8.25. The third kappa shape index (κ3) is 5.34. The average molecular weight is 533 g/mol. The van der Waals surface area contributed by atoms with E-state index in [1.54, 1.807) is 19.2 Å². The molecule has 0 aliphatic carbocycles. The summed E-state index contributed by atoms with van der Waals surface area (Å²) in [5.41, 5.74) is 3.27. The van der Waals surface area contributed by atoms with Gasteiger partial charge in [-0.2, -0.15) is 5.10 Å². The first-order valence-corrected chi connectivity index (χ1v) is 9.65. The molecule has 0 unspecified atom stereocenters. The van der Waals surface area contributed by atoms with Gasteiger partial charge in [0.05, 0.1) is 29.1 Å². The van der Waals surface area contributed by atoms with Gasteiger partial charge in [0.25, 0.3) is 5.91 Å². The van der Waals surface area contributed by atoms with Crippen LogP contribution in [0.3, 0.4) is 0 Å². The number of methoxy groups -OCH3 is 1. The predicted octanol–water partition coefficient (Wildman–Crippen LogP) is 4.32. The van der Waals surface area contributed by atoms with Crippen molar-refractivity contribution in [1.82, 2.24) is 5.43 Å². The van der Waals surface area contributed by atoms with E-state index < -0.39 is 5.91 Å². The molecule has 0 heterocycles. The maximum absolute atomic E-state index is 12.1. The monoisotopic (exact) mass is 532 g/mol. The highest BCUT2D eigenvalue weighted by atomic mass is 127. The Morgan fingerprint density at radius 1 is 1.38 bits per heavy atom. The van der Waals surface area contributed by atoms with Gasteiger partial charge in [-0.05, 0) is 64.9 Å². The molecule has 0 radical (unpaired) electrons. The second kappa shape index (κ2) is 9.77. The molecule has 2 rings (SSSR count). The number of amides is 1. The molecule has 0 aromatic heterocycles. The standard InChI is InChI=1S/C18H18BrIN2O4/c1-3-6-26-17-14(20)7-11(8-16(17)25-2)10-21-22-18(24)13-9-12(19)4-5-15(13)23/h4-5,7-10,23H,3,6H2,1-2H3,(H,22,24)/b21-10-. The number of carbonyl (C=O) groups is 1. The minimum atomic E-state index is -0.510. The van der Waals surface area contributed by atoms with Gasteiger partial charge >= 0.3 is 0 Å². The lowest BCUT2D eigenvalue weighted by molar-refractivity contribution is 0.0952. The maximum atomic E-state index is 12.1. The molecule has 0 aliphatic rings. The van der Waals surface area contributed by atoms with Crippen LogP contribution in [-0.2, 0) is 0 Å². The van der Waals surface area contributed by atoms with Crippen LogP contribution in [-0.4, -0.2) is 30.9 Å². The Labute approximate surface area is 173 Å². The molecule has 0 atom stereocenters. The third-order valence-electron chi connectivity index (χ3n) is 3.29. The van der Waals surface area contributed by atoms with E-state index in [1.807, 2.05) is 13.0 Å². The number of hydrazone groups is 1. The van der Waals surface area contributed by atoms with Crippen LogP contribution in [0.5, 0.6) is 17.2 Å². The summed E-state index contributed by atoms with van der Waals surface area (Å²) in [5.74, 6) is 0.664. The first-order chi connectivity index (χ1) is 12.5. The highest BCUT2D eigenvalue weighted by Crippen LogP contribution is 2.33. The Bertz CT molecular complexity index is 827. The summed E-state index contributed by atoms with van der Waals surface area (Å²) in [7, 11) is 1.57. The predicted molar refractivity (Wildman–Crippen MR) is 112 cm³/mol. The van der Waals surface area contributed by atoms with E-state index in [-0.39, 0.29) is 11.3 Å². The molecule has 138 valence electrons. The molecule has 2 aromatic rings. The topological polar surface area (TPSA) is 80.2 Å². The Hall–Kier alpha value is -1.81. The summed E-state index contributed by atoms with van der Waals surface area (Å²) < 4.78 is 12.7. The highest BCUT2D eigenvalue weighted by molar-refractivity contribution is 14.1. The van der Waals surface area contributed by atoms with E-state index in [1.165, 1.54) is 18.3 Å². The van der Waals surface area contributed by atoms with Crippen molar-refractivity contribution in [3.8, 4) is 17.2 Å². The number of halogens is 2. The Balaban J connectivity index is 2.13. The Kier molecular flexibility index (Phi) is 7.70. The van der Waals surface area contributed by atoms with Crippen molar-refractivity contribution in [2.75, 3.05) is 13.7 Å². The summed E-state index contributed by atoms with van der Waals surface area (Å²) in [6.07, 6.45) is 2.40. The van der Waals surface area contributed by atoms with Gasteiger partial charge in [-0.15, -0.1) is 0 Å². The average Bonchev–Trinajstić information content (AvgIpc) is 2.62. The van der Waals surface area contributed by atoms with Crippen molar-refractivity contribution >= 4 is 50.6 Å². The van der Waals surface area contributed by atoms with E-state index in [4.69, 9.17) is 9.47 Å². The van der Waals surface area contributed by atoms with Crippen LogP contribution in [0.4, 0.5) is 0 Å². The molecular formula is C18H18BrIN2O4. The largest absolute Gasteiger partial charge is 0.507 e. The van der Waals surface area contributed by atoms with Gasteiger partial charge in [-0.1, -0.05) is 22.9 Å². The molecule has 1 amide bonds. The van der Waals surface area contributed by atoms with Gasteiger partial charge in [0, 0.05) is 4.47 Å². The molecular weight excluding hydrogens is 515 g/mol. The number of benzene rings is 2. The van der Waals surface area contributed by atoms with E-state index in [9.17, 15) is 9.90 Å². The minimum Gasteiger partial charge on any atom is -0.507 e. The van der Waals surface area contributed by atoms with Crippen LogP contribution in [0.2, 0.25) is 0 Å². The van der Waals surface area contributed by atoms with E-state index in [2.05, 4.69) is 49.0 Å². The fourth-order valence-electron chi connectivity index (χ4n) is 2.07. The molecule has 0 bridgehead atoms. The quantitative estimate of drug-likeness (QED) is 0.316. The van der Waals surface area contributed by atoms with Gasteiger partial charge in [-0.3, -0.25) is 4.79 Å². The summed E-state index contributed by atoms with van der Waals surface area (Å²) in [6.45, 7) is 2.64. The molecule has 2 N–H and O–H groups in total. The number of nitrogens with one attached hydrogen (secondary N) is 1. The van der Waals surface area contributed by atoms with Crippen LogP contribution in [0.1, 0.15) is 29.3 Å². The molecule has 8 heteroatoms. The van der Waals surface area contributed by atoms with Crippen LogP contribution in [0.15, 0.2) is 39.9 Å². The molecule has 0 saturated carbocycles. The molecule has 2 aromatic carbocycles. The first-order valence-electron chi connectivity index (χ1n) is 7.78. The van der Waals surface area contributed by atoms with Gasteiger partial charge in [0.1, 0.15) is 5.75 Å². The number of hydrogen-bond donors (Lipinski definition) is 2. The minimum absolute atomic E-state index is 0.116. The fourth-order valence-corrected chi connectivity index (χ4v) is 3.22. The van der Waals surface area contributed by atoms with E-state index in [0.717, 1.165) is 15.6 Å². The van der Waals surface area contributed by atoms with Crippen molar-refractivity contribution in [1.29, 1.82) is 0 Å². The normalized spacial score (nSPS) is 10.8. The zero-order chi connectivity index (χ0) is 19.1. The second-order valence-electron chi connectivity index (χ2n) is 5.24. The fraction of sp³-hybridized carbons (Fsp3) is 0.222. The second-order valence-corrected chi connectivity index (χ2v) is 7.32. The number of nitrogens with zero attached hydrogens (tertiary/aromatic N) is 1. The lowest BCUT2D eigenvalue weighted by Crippen LogP contribution is -2.17. The summed E-state index contributed by atoms with van der Waals surface area (Å²) in [4.78, 5) is 12.1. The molecule has 26 heavy (non-hydrogen) atoms. The van der Waals surface area contributed by atoms with Crippen LogP contribution in [0, 0.1) is 3.57 Å². The molecule has 0 spiro atoms. The summed E-state index contributed by atoms with van der Waals surface area (Å²) in [5, 5.41) is 13.7. The van der Waals surface area contributed by atoms with Crippen LogP contribution >= 0.6 is 38.5 Å². The van der Waals surface area contributed by atoms with Gasteiger partial charge < -0.3 is 14.6 Å². The van der Waals surface area contributed by atoms with Crippen LogP contribution < -0.4 is 14.9 Å². The molecule has 6 nitrogen and oxygen atoms in total. The van der Waals surface area contributed by atoms with Crippen molar-refractivity contribution in [3.63, 3.8) is 0 Å². The Morgan fingerprint density at radius 3 is 2.85 bits per heavy atom. The number of phenolic OH excluding ortho intramolecular Hbond substituents is 1. The lowest BCUT2D eigenvalue weighted by atomic mass is 10.2. The van der Waals surface area contributed by atoms with Gasteiger partial charge in [0.2, 0.25) is 0 Å². The maximum Gasteiger partial charge on any atom is 0.275 e.